The van der Waals surface area contributed by atoms with Gasteiger partial charge in [-0.15, -0.1) is 0 Å². The fraction of sp³-hybridized carbons (Fsp3) is 0.414. The molecule has 3 aromatic rings. The van der Waals surface area contributed by atoms with Crippen LogP contribution in [0.4, 0.5) is 36.3 Å². The molecule has 44 heavy (non-hydrogen) atoms. The topological polar surface area (TPSA) is 129 Å². The van der Waals surface area contributed by atoms with Gasteiger partial charge < -0.3 is 25.6 Å². The van der Waals surface area contributed by atoms with Crippen molar-refractivity contribution >= 4 is 39.1 Å². The Kier molecular flexibility index (Phi) is 8.73. The molecule has 0 radical (unpaired) electrons. The molecule has 0 saturated carbocycles. The predicted molar refractivity (Wildman–Crippen MR) is 160 cm³/mol. The first-order valence-corrected chi connectivity index (χ1v) is 15.8. The van der Waals surface area contributed by atoms with Crippen molar-refractivity contribution in [2.24, 2.45) is 5.92 Å². The van der Waals surface area contributed by atoms with Crippen LogP contribution in [0, 0.1) is 5.92 Å². The number of rotatable bonds is 9. The van der Waals surface area contributed by atoms with Crippen LogP contribution in [0.2, 0.25) is 0 Å². The number of amides is 1. The van der Waals surface area contributed by atoms with Gasteiger partial charge in [-0.2, -0.15) is 22.5 Å². The van der Waals surface area contributed by atoms with Crippen molar-refractivity contribution in [2.45, 2.75) is 31.1 Å². The molecule has 0 spiro atoms. The molecule has 1 amide bonds. The summed E-state index contributed by atoms with van der Waals surface area (Å²) in [5, 5.41) is 8.67. The Hall–Kier alpha value is -3.95. The Balaban J connectivity index is 1.41. The normalized spacial score (nSPS) is 20.4. The summed E-state index contributed by atoms with van der Waals surface area (Å²) >= 11 is 0. The SMILES string of the molecule is COc1cc(NC(=O)C2CCN(C)C2)ccc1Nc1ncc(C(F)(F)F)c(N[C@@H]2Cc3ccccc3C2N(C)S(C)(=O)=O)n1. The number of carbonyl (C=O) groups is 1. The third-order valence-electron chi connectivity index (χ3n) is 8.00. The average Bonchev–Trinajstić information content (AvgIpc) is 3.55. The number of halogens is 3. The number of methoxy groups -OCH3 is 1. The van der Waals surface area contributed by atoms with Crippen LogP contribution in [-0.2, 0) is 27.4 Å². The molecule has 1 aromatic heterocycles. The minimum Gasteiger partial charge on any atom is -0.494 e. The molecule has 1 aliphatic carbocycles. The van der Waals surface area contributed by atoms with Crippen LogP contribution in [-0.4, -0.2) is 80.1 Å². The van der Waals surface area contributed by atoms with E-state index in [0.29, 0.717) is 35.4 Å². The summed E-state index contributed by atoms with van der Waals surface area (Å²) in [7, 11) is 1.10. The van der Waals surface area contributed by atoms with Crippen LogP contribution in [0.1, 0.15) is 29.2 Å². The van der Waals surface area contributed by atoms with E-state index in [4.69, 9.17) is 4.74 Å². The fourth-order valence-corrected chi connectivity index (χ4v) is 6.35. The van der Waals surface area contributed by atoms with Gasteiger partial charge >= 0.3 is 6.18 Å². The van der Waals surface area contributed by atoms with Crippen LogP contribution >= 0.6 is 0 Å². The van der Waals surface area contributed by atoms with Gasteiger partial charge in [-0.05, 0) is 49.7 Å². The summed E-state index contributed by atoms with van der Waals surface area (Å²) in [6.07, 6.45) is -2.01. The van der Waals surface area contributed by atoms with Crippen molar-refractivity contribution in [3.8, 4) is 5.75 Å². The van der Waals surface area contributed by atoms with E-state index in [1.165, 1.54) is 14.2 Å². The standard InChI is InChI=1S/C29H34F3N7O4S/c1-38-12-11-18(16-38)27(40)34-19-9-10-22(24(14-19)43-3)36-28-33-15-21(29(30,31)32)26(37-28)35-23-13-17-7-5-6-8-20(17)25(23)39(2)44(4,41)42/h5-10,14-15,18,23,25H,11-13,16H2,1-4H3,(H,34,40)(H2,33,35,36,37)/t18?,23-,25?/m1/s1. The van der Waals surface area contributed by atoms with E-state index >= 15 is 0 Å². The number of carbonyl (C=O) groups excluding carboxylic acids is 1. The molecular formula is C29H34F3N7O4S. The Labute approximate surface area is 253 Å². The van der Waals surface area contributed by atoms with Crippen molar-refractivity contribution in [3.63, 3.8) is 0 Å². The van der Waals surface area contributed by atoms with Gasteiger partial charge in [0, 0.05) is 31.5 Å². The minimum atomic E-state index is -4.78. The smallest absolute Gasteiger partial charge is 0.421 e. The van der Waals surface area contributed by atoms with Gasteiger partial charge in [0.1, 0.15) is 17.1 Å². The van der Waals surface area contributed by atoms with Gasteiger partial charge in [0.05, 0.1) is 37.1 Å². The highest BCUT2D eigenvalue weighted by atomic mass is 32.2. The van der Waals surface area contributed by atoms with E-state index in [9.17, 15) is 26.4 Å². The number of hydrogen-bond acceptors (Lipinski definition) is 9. The van der Waals surface area contributed by atoms with Crippen LogP contribution in [0.3, 0.4) is 0 Å². The van der Waals surface area contributed by atoms with Crippen molar-refractivity contribution in [1.82, 2.24) is 19.2 Å². The molecule has 1 fully saturated rings. The second-order valence-electron chi connectivity index (χ2n) is 11.1. The molecular weight excluding hydrogens is 599 g/mol. The molecule has 5 rings (SSSR count). The first kappa shape index (κ1) is 31.5. The maximum absolute atomic E-state index is 14.1. The van der Waals surface area contributed by atoms with E-state index in [2.05, 4.69) is 30.8 Å². The predicted octanol–water partition coefficient (Wildman–Crippen LogP) is 4.11. The zero-order chi connectivity index (χ0) is 31.8. The molecule has 0 bridgehead atoms. The van der Waals surface area contributed by atoms with Crippen molar-refractivity contribution < 1.29 is 31.1 Å². The first-order chi connectivity index (χ1) is 20.7. The minimum absolute atomic E-state index is 0.104. The monoisotopic (exact) mass is 633 g/mol. The van der Waals surface area contributed by atoms with Crippen LogP contribution in [0.5, 0.6) is 5.75 Å². The summed E-state index contributed by atoms with van der Waals surface area (Å²) in [6, 6.07) is 10.5. The lowest BCUT2D eigenvalue weighted by Gasteiger charge is -2.30. The molecule has 236 valence electrons. The fourth-order valence-electron chi connectivity index (χ4n) is 5.68. The van der Waals surface area contributed by atoms with E-state index in [0.717, 1.165) is 29.1 Å². The highest BCUT2D eigenvalue weighted by Crippen LogP contribution is 2.41. The van der Waals surface area contributed by atoms with Gasteiger partial charge in [0.25, 0.3) is 0 Å². The number of benzene rings is 2. The second-order valence-corrected chi connectivity index (χ2v) is 13.2. The molecule has 1 saturated heterocycles. The molecule has 1 aliphatic heterocycles. The lowest BCUT2D eigenvalue weighted by atomic mass is 10.1. The van der Waals surface area contributed by atoms with Crippen LogP contribution in [0.15, 0.2) is 48.7 Å². The third-order valence-corrected chi connectivity index (χ3v) is 9.28. The van der Waals surface area contributed by atoms with E-state index < -0.39 is 39.7 Å². The molecule has 3 N–H and O–H groups in total. The highest BCUT2D eigenvalue weighted by molar-refractivity contribution is 7.88. The molecule has 2 aromatic carbocycles. The van der Waals surface area contributed by atoms with Crippen LogP contribution < -0.4 is 20.7 Å². The summed E-state index contributed by atoms with van der Waals surface area (Å²) in [5.74, 6) is -0.560. The number of nitrogens with zero attached hydrogens (tertiary/aromatic N) is 4. The number of likely N-dealkylation sites (tertiary alicyclic amines) is 1. The number of sulfonamides is 1. The number of alkyl halides is 3. The molecule has 2 aliphatic rings. The number of hydrogen-bond donors (Lipinski definition) is 3. The summed E-state index contributed by atoms with van der Waals surface area (Å²) in [6.45, 7) is 1.51. The number of aromatic nitrogens is 2. The van der Waals surface area contributed by atoms with Crippen LogP contribution in [0.25, 0.3) is 0 Å². The van der Waals surface area contributed by atoms with Crippen molar-refractivity contribution in [1.29, 1.82) is 0 Å². The van der Waals surface area contributed by atoms with Crippen molar-refractivity contribution in [2.75, 3.05) is 56.5 Å². The number of anilines is 4. The second kappa shape index (κ2) is 12.2. The van der Waals surface area contributed by atoms with Gasteiger partial charge in [0.15, 0.2) is 0 Å². The molecule has 2 heterocycles. The van der Waals surface area contributed by atoms with Gasteiger partial charge in [-0.3, -0.25) is 4.79 Å². The number of nitrogens with one attached hydrogen (secondary N) is 3. The molecule has 15 heteroatoms. The summed E-state index contributed by atoms with van der Waals surface area (Å²) in [4.78, 5) is 22.8. The first-order valence-electron chi connectivity index (χ1n) is 13.9. The Morgan fingerprint density at radius 2 is 1.93 bits per heavy atom. The molecule has 11 nitrogen and oxygen atoms in total. The van der Waals surface area contributed by atoms with Gasteiger partial charge in [-0.1, -0.05) is 24.3 Å². The van der Waals surface area contributed by atoms with E-state index in [1.807, 2.05) is 13.1 Å². The lowest BCUT2D eigenvalue weighted by molar-refractivity contribution is -0.137. The molecule has 3 atom stereocenters. The number of fused-ring (bicyclic) bond motifs is 1. The summed E-state index contributed by atoms with van der Waals surface area (Å²) < 4.78 is 73.8. The van der Waals surface area contributed by atoms with E-state index in [1.54, 1.807) is 36.4 Å². The van der Waals surface area contributed by atoms with Crippen molar-refractivity contribution in [3.05, 3.63) is 65.4 Å². The van der Waals surface area contributed by atoms with Gasteiger partial charge in [0.2, 0.25) is 21.9 Å². The maximum Gasteiger partial charge on any atom is 0.421 e. The summed E-state index contributed by atoms with van der Waals surface area (Å²) in [5.41, 5.74) is 1.30. The Morgan fingerprint density at radius 1 is 1.18 bits per heavy atom. The number of ether oxygens (including phenoxy) is 1. The lowest BCUT2D eigenvalue weighted by Crippen LogP contribution is -2.39. The quantitative estimate of drug-likeness (QED) is 0.319. The number of likely N-dealkylation sites (N-methyl/N-ethyl adjacent to an activating group) is 1. The molecule has 2 unspecified atom stereocenters. The average molecular weight is 634 g/mol. The maximum atomic E-state index is 14.1. The zero-order valence-corrected chi connectivity index (χ0v) is 25.5. The van der Waals surface area contributed by atoms with E-state index in [-0.39, 0.29) is 24.2 Å². The Bertz CT molecular complexity index is 1650. The largest absolute Gasteiger partial charge is 0.494 e. The third kappa shape index (κ3) is 6.74. The Morgan fingerprint density at radius 3 is 2.59 bits per heavy atom. The highest BCUT2D eigenvalue weighted by Gasteiger charge is 2.41. The zero-order valence-electron chi connectivity index (χ0n) is 24.6. The van der Waals surface area contributed by atoms with Gasteiger partial charge in [-0.25, -0.2) is 13.4 Å².